The summed E-state index contributed by atoms with van der Waals surface area (Å²) in [6, 6.07) is 7.24. The molecule has 0 radical (unpaired) electrons. The van der Waals surface area contributed by atoms with Gasteiger partial charge in [-0.3, -0.25) is 0 Å². The van der Waals surface area contributed by atoms with E-state index in [1.165, 1.54) is 11.3 Å². The summed E-state index contributed by atoms with van der Waals surface area (Å²) >= 11 is 1.53. The van der Waals surface area contributed by atoms with Crippen molar-refractivity contribution in [2.24, 2.45) is 0 Å². The zero-order chi connectivity index (χ0) is 16.7. The van der Waals surface area contributed by atoms with Crippen LogP contribution in [0, 0.1) is 0 Å². The van der Waals surface area contributed by atoms with Gasteiger partial charge in [-0.15, -0.1) is 10.2 Å². The summed E-state index contributed by atoms with van der Waals surface area (Å²) in [7, 11) is 1.96. The van der Waals surface area contributed by atoms with Gasteiger partial charge in [-0.05, 0) is 31.2 Å². The van der Waals surface area contributed by atoms with Crippen LogP contribution in [0.4, 0.5) is 5.69 Å². The highest BCUT2D eigenvalue weighted by Gasteiger charge is 2.08. The molecule has 0 unspecified atom stereocenters. The minimum atomic E-state index is -0.995. The van der Waals surface area contributed by atoms with E-state index < -0.39 is 5.97 Å². The van der Waals surface area contributed by atoms with E-state index in [-0.39, 0.29) is 6.61 Å². The summed E-state index contributed by atoms with van der Waals surface area (Å²) in [6.07, 6.45) is 0. The van der Waals surface area contributed by atoms with Crippen molar-refractivity contribution in [2.75, 3.05) is 25.2 Å². The predicted octanol–water partition coefficient (Wildman–Crippen LogP) is 2.17. The number of aliphatic carboxylic acids is 1. The maximum atomic E-state index is 10.5. The molecule has 124 valence electrons. The first kappa shape index (κ1) is 17.2. The Bertz CT molecular complexity index is 630. The van der Waals surface area contributed by atoms with Gasteiger partial charge in [-0.1, -0.05) is 11.3 Å². The number of anilines is 1. The first-order valence-corrected chi connectivity index (χ1v) is 7.95. The van der Waals surface area contributed by atoms with Crippen molar-refractivity contribution < 1.29 is 19.4 Å². The quantitative estimate of drug-likeness (QED) is 0.750. The molecular weight excluding hydrogens is 318 g/mol. The molecule has 2 aromatic rings. The number of rotatable bonds is 9. The molecule has 0 fully saturated rings. The van der Waals surface area contributed by atoms with Crippen molar-refractivity contribution in [3.05, 3.63) is 34.3 Å². The average molecular weight is 337 g/mol. The van der Waals surface area contributed by atoms with Crippen molar-refractivity contribution in [1.82, 2.24) is 10.2 Å². The van der Waals surface area contributed by atoms with Crippen LogP contribution in [0.25, 0.3) is 0 Å². The van der Waals surface area contributed by atoms with Crippen LogP contribution in [-0.4, -0.2) is 41.5 Å². The summed E-state index contributed by atoms with van der Waals surface area (Å²) in [6.45, 7) is 3.39. The van der Waals surface area contributed by atoms with Crippen molar-refractivity contribution in [3.63, 3.8) is 0 Å². The number of benzene rings is 1. The predicted molar refractivity (Wildman–Crippen MR) is 86.9 cm³/mol. The number of hydrogen-bond donors (Lipinski definition) is 1. The van der Waals surface area contributed by atoms with E-state index in [4.69, 9.17) is 14.6 Å². The SMILES string of the molecule is CCOCc1nnc(CN(C)c2ccc(OCC(=O)O)cc2)s1. The van der Waals surface area contributed by atoms with Gasteiger partial charge in [0.1, 0.15) is 22.4 Å². The highest BCUT2D eigenvalue weighted by atomic mass is 32.1. The maximum absolute atomic E-state index is 10.5. The third-order valence-corrected chi connectivity index (χ3v) is 3.83. The van der Waals surface area contributed by atoms with Crippen molar-refractivity contribution in [3.8, 4) is 5.75 Å². The Morgan fingerprint density at radius 2 is 1.96 bits per heavy atom. The fourth-order valence-electron chi connectivity index (χ4n) is 1.84. The molecular formula is C15H19N3O4S. The van der Waals surface area contributed by atoms with Gasteiger partial charge < -0.3 is 19.5 Å². The van der Waals surface area contributed by atoms with Gasteiger partial charge in [0.15, 0.2) is 6.61 Å². The Hall–Kier alpha value is -2.19. The molecule has 8 heteroatoms. The van der Waals surface area contributed by atoms with Gasteiger partial charge in [0.2, 0.25) is 0 Å². The second-order valence-corrected chi connectivity index (χ2v) is 5.91. The molecule has 0 saturated heterocycles. The number of nitrogens with zero attached hydrogens (tertiary/aromatic N) is 3. The van der Waals surface area contributed by atoms with Crippen LogP contribution >= 0.6 is 11.3 Å². The lowest BCUT2D eigenvalue weighted by Crippen LogP contribution is -2.16. The molecule has 0 atom stereocenters. The topological polar surface area (TPSA) is 84.8 Å². The summed E-state index contributed by atoms with van der Waals surface area (Å²) in [5.74, 6) is -0.468. The van der Waals surface area contributed by atoms with E-state index in [0.717, 1.165) is 15.7 Å². The van der Waals surface area contributed by atoms with Crippen LogP contribution in [0.3, 0.4) is 0 Å². The highest BCUT2D eigenvalue weighted by molar-refractivity contribution is 7.11. The molecule has 23 heavy (non-hydrogen) atoms. The lowest BCUT2D eigenvalue weighted by molar-refractivity contribution is -0.139. The number of hydrogen-bond acceptors (Lipinski definition) is 7. The van der Waals surface area contributed by atoms with Crippen LogP contribution in [0.1, 0.15) is 16.9 Å². The summed E-state index contributed by atoms with van der Waals surface area (Å²) in [4.78, 5) is 12.5. The summed E-state index contributed by atoms with van der Waals surface area (Å²) < 4.78 is 10.4. The standard InChI is InChI=1S/C15H19N3O4S/c1-3-21-9-14-17-16-13(23-14)8-18(2)11-4-6-12(7-5-11)22-10-15(19)20/h4-7H,3,8-10H2,1-2H3,(H,19,20). The molecule has 0 saturated carbocycles. The fourth-order valence-corrected chi connectivity index (χ4v) is 2.67. The minimum absolute atomic E-state index is 0.345. The van der Waals surface area contributed by atoms with Crippen molar-refractivity contribution in [1.29, 1.82) is 0 Å². The van der Waals surface area contributed by atoms with E-state index >= 15 is 0 Å². The molecule has 0 amide bonds. The first-order chi connectivity index (χ1) is 11.1. The van der Waals surface area contributed by atoms with Crippen LogP contribution in [0.2, 0.25) is 0 Å². The first-order valence-electron chi connectivity index (χ1n) is 7.13. The monoisotopic (exact) mass is 337 g/mol. The third-order valence-electron chi connectivity index (χ3n) is 2.95. The molecule has 1 heterocycles. The largest absolute Gasteiger partial charge is 0.482 e. The summed E-state index contributed by atoms with van der Waals surface area (Å²) in [5, 5.41) is 18.6. The van der Waals surface area contributed by atoms with E-state index in [2.05, 4.69) is 10.2 Å². The van der Waals surface area contributed by atoms with Gasteiger partial charge in [0.05, 0.1) is 6.54 Å². The molecule has 0 spiro atoms. The Morgan fingerprint density at radius 3 is 2.61 bits per heavy atom. The average Bonchev–Trinajstić information content (AvgIpc) is 2.98. The molecule has 1 N–H and O–H groups in total. The van der Waals surface area contributed by atoms with Crippen LogP contribution in [-0.2, 0) is 22.7 Å². The van der Waals surface area contributed by atoms with Crippen LogP contribution < -0.4 is 9.64 Å². The maximum Gasteiger partial charge on any atom is 0.341 e. The molecule has 2 rings (SSSR count). The van der Waals surface area contributed by atoms with Crippen LogP contribution in [0.15, 0.2) is 24.3 Å². The van der Waals surface area contributed by atoms with Gasteiger partial charge in [0.25, 0.3) is 0 Å². The molecule has 7 nitrogen and oxygen atoms in total. The second-order valence-electron chi connectivity index (χ2n) is 4.76. The fraction of sp³-hybridized carbons (Fsp3) is 0.400. The Kier molecular flexibility index (Phi) is 6.30. The van der Waals surface area contributed by atoms with E-state index in [1.54, 1.807) is 12.1 Å². The van der Waals surface area contributed by atoms with Gasteiger partial charge >= 0.3 is 5.97 Å². The van der Waals surface area contributed by atoms with Crippen molar-refractivity contribution >= 4 is 23.0 Å². The Labute approximate surface area is 138 Å². The van der Waals surface area contributed by atoms with Crippen LogP contribution in [0.5, 0.6) is 5.75 Å². The van der Waals surface area contributed by atoms with E-state index in [0.29, 0.717) is 25.5 Å². The zero-order valence-corrected chi connectivity index (χ0v) is 13.9. The zero-order valence-electron chi connectivity index (χ0n) is 13.1. The molecule has 1 aromatic carbocycles. The number of carboxylic acid groups (broad SMARTS) is 1. The van der Waals surface area contributed by atoms with Crippen molar-refractivity contribution in [2.45, 2.75) is 20.1 Å². The number of ether oxygens (including phenoxy) is 2. The van der Waals surface area contributed by atoms with E-state index in [1.807, 2.05) is 31.0 Å². The lowest BCUT2D eigenvalue weighted by Gasteiger charge is -2.17. The third kappa shape index (κ3) is 5.50. The highest BCUT2D eigenvalue weighted by Crippen LogP contribution is 2.21. The minimum Gasteiger partial charge on any atom is -0.482 e. The number of carboxylic acids is 1. The summed E-state index contributed by atoms with van der Waals surface area (Å²) in [5.41, 5.74) is 0.981. The smallest absolute Gasteiger partial charge is 0.341 e. The normalized spacial score (nSPS) is 10.5. The van der Waals surface area contributed by atoms with E-state index in [9.17, 15) is 4.79 Å². The number of carbonyl (C=O) groups is 1. The van der Waals surface area contributed by atoms with Gasteiger partial charge in [-0.2, -0.15) is 0 Å². The second kappa shape index (κ2) is 8.44. The molecule has 1 aromatic heterocycles. The molecule has 0 aliphatic heterocycles. The molecule has 0 aliphatic carbocycles. The Balaban J connectivity index is 1.90. The Morgan fingerprint density at radius 1 is 1.26 bits per heavy atom. The van der Waals surface area contributed by atoms with Gasteiger partial charge in [-0.25, -0.2) is 4.79 Å². The van der Waals surface area contributed by atoms with Gasteiger partial charge in [0, 0.05) is 19.3 Å². The lowest BCUT2D eigenvalue weighted by atomic mass is 10.3. The molecule has 0 bridgehead atoms. The number of aromatic nitrogens is 2. The molecule has 0 aliphatic rings.